The zero-order valence-corrected chi connectivity index (χ0v) is 14.3. The summed E-state index contributed by atoms with van der Waals surface area (Å²) in [5, 5.41) is 7.75. The highest BCUT2D eigenvalue weighted by Crippen LogP contribution is 2.17. The van der Waals surface area contributed by atoms with Crippen molar-refractivity contribution >= 4 is 21.6 Å². The Morgan fingerprint density at radius 3 is 2.42 bits per heavy atom. The predicted octanol–water partition coefficient (Wildman–Crippen LogP) is 2.44. The quantitative estimate of drug-likeness (QED) is 0.837. The lowest BCUT2D eigenvalue weighted by atomic mass is 10.2. The van der Waals surface area contributed by atoms with Crippen LogP contribution in [0.1, 0.15) is 18.9 Å². The van der Waals surface area contributed by atoms with Crippen LogP contribution in [0.3, 0.4) is 0 Å². The molecule has 0 spiro atoms. The second-order valence-electron chi connectivity index (χ2n) is 5.39. The van der Waals surface area contributed by atoms with Crippen molar-refractivity contribution in [1.29, 1.82) is 0 Å². The third-order valence-electron chi connectivity index (χ3n) is 3.38. The van der Waals surface area contributed by atoms with E-state index in [1.807, 2.05) is 32.0 Å². The van der Waals surface area contributed by atoms with E-state index in [2.05, 4.69) is 5.32 Å². The summed E-state index contributed by atoms with van der Waals surface area (Å²) in [5.41, 5.74) is 1.51. The standard InChI is InChI=1S/C17H20N2O4S/c1-3-16(23-14-6-4-5-12(2)11-14)17(20)19-13-7-9-15(10-8-13)24(18,21)22/h4-11,16H,3H2,1-2H3,(H,19,20)(H2,18,21,22)/t16-/m1/s1. The smallest absolute Gasteiger partial charge is 0.265 e. The summed E-state index contributed by atoms with van der Waals surface area (Å²) >= 11 is 0. The molecule has 0 radical (unpaired) electrons. The number of carbonyl (C=O) groups excluding carboxylic acids is 1. The molecule has 7 heteroatoms. The van der Waals surface area contributed by atoms with Crippen molar-refractivity contribution in [2.75, 3.05) is 5.32 Å². The van der Waals surface area contributed by atoms with E-state index in [0.29, 0.717) is 17.9 Å². The number of hydrogen-bond acceptors (Lipinski definition) is 4. The van der Waals surface area contributed by atoms with Crippen LogP contribution in [0.4, 0.5) is 5.69 Å². The van der Waals surface area contributed by atoms with E-state index in [0.717, 1.165) is 5.56 Å². The molecule has 0 aromatic heterocycles. The number of aryl methyl sites for hydroxylation is 1. The van der Waals surface area contributed by atoms with Gasteiger partial charge in [-0.1, -0.05) is 19.1 Å². The van der Waals surface area contributed by atoms with Gasteiger partial charge in [0.05, 0.1) is 4.90 Å². The van der Waals surface area contributed by atoms with Gasteiger partial charge in [0.25, 0.3) is 5.91 Å². The molecular formula is C17H20N2O4S. The Balaban J connectivity index is 2.06. The molecule has 0 saturated carbocycles. The molecule has 6 nitrogen and oxygen atoms in total. The zero-order chi connectivity index (χ0) is 17.7. The maximum absolute atomic E-state index is 12.3. The number of amides is 1. The monoisotopic (exact) mass is 348 g/mol. The number of primary sulfonamides is 1. The first kappa shape index (κ1) is 18.0. The summed E-state index contributed by atoms with van der Waals surface area (Å²) in [6.07, 6.45) is -0.153. The Morgan fingerprint density at radius 2 is 1.88 bits per heavy atom. The van der Waals surface area contributed by atoms with Gasteiger partial charge in [-0.3, -0.25) is 4.79 Å². The minimum atomic E-state index is -3.75. The highest BCUT2D eigenvalue weighted by molar-refractivity contribution is 7.89. The summed E-state index contributed by atoms with van der Waals surface area (Å²) in [7, 11) is -3.75. The van der Waals surface area contributed by atoms with E-state index in [1.165, 1.54) is 24.3 Å². The lowest BCUT2D eigenvalue weighted by Crippen LogP contribution is -2.32. The molecule has 128 valence electrons. The molecule has 0 fully saturated rings. The Hall–Kier alpha value is -2.38. The van der Waals surface area contributed by atoms with Gasteiger partial charge in [-0.15, -0.1) is 0 Å². The number of carbonyl (C=O) groups is 1. The zero-order valence-electron chi connectivity index (χ0n) is 13.5. The normalized spacial score (nSPS) is 12.5. The fourth-order valence-electron chi connectivity index (χ4n) is 2.13. The van der Waals surface area contributed by atoms with E-state index in [1.54, 1.807) is 6.07 Å². The Kier molecular flexibility index (Phi) is 5.58. The van der Waals surface area contributed by atoms with Crippen molar-refractivity contribution in [2.24, 2.45) is 5.14 Å². The summed E-state index contributed by atoms with van der Waals surface area (Å²) in [6.45, 7) is 3.80. The van der Waals surface area contributed by atoms with E-state index in [-0.39, 0.29) is 10.8 Å². The first-order valence-corrected chi connectivity index (χ1v) is 9.01. The average molecular weight is 348 g/mol. The molecule has 3 N–H and O–H groups in total. The van der Waals surface area contributed by atoms with Gasteiger partial charge in [0.2, 0.25) is 10.0 Å². The fraction of sp³-hybridized carbons (Fsp3) is 0.235. The molecule has 0 unspecified atom stereocenters. The second-order valence-corrected chi connectivity index (χ2v) is 6.95. The van der Waals surface area contributed by atoms with Gasteiger partial charge in [0, 0.05) is 5.69 Å². The van der Waals surface area contributed by atoms with E-state index in [9.17, 15) is 13.2 Å². The molecule has 0 heterocycles. The number of ether oxygens (including phenoxy) is 1. The van der Waals surface area contributed by atoms with Gasteiger partial charge < -0.3 is 10.1 Å². The molecule has 2 rings (SSSR count). The molecule has 1 amide bonds. The highest BCUT2D eigenvalue weighted by atomic mass is 32.2. The van der Waals surface area contributed by atoms with Crippen LogP contribution in [0.5, 0.6) is 5.75 Å². The van der Waals surface area contributed by atoms with Crippen molar-refractivity contribution in [3.63, 3.8) is 0 Å². The van der Waals surface area contributed by atoms with Gasteiger partial charge in [-0.05, 0) is 55.3 Å². The largest absolute Gasteiger partial charge is 0.481 e. The van der Waals surface area contributed by atoms with Crippen molar-refractivity contribution < 1.29 is 17.9 Å². The molecule has 1 atom stereocenters. The molecule has 2 aromatic rings. The number of nitrogens with two attached hydrogens (primary N) is 1. The van der Waals surface area contributed by atoms with Crippen LogP contribution in [-0.4, -0.2) is 20.4 Å². The molecule has 2 aromatic carbocycles. The minimum absolute atomic E-state index is 0.0106. The van der Waals surface area contributed by atoms with Crippen LogP contribution < -0.4 is 15.2 Å². The van der Waals surface area contributed by atoms with Gasteiger partial charge in [-0.25, -0.2) is 13.6 Å². The Labute approximate surface area is 141 Å². The molecule has 0 aliphatic carbocycles. The Bertz CT molecular complexity index is 817. The lowest BCUT2D eigenvalue weighted by Gasteiger charge is -2.17. The van der Waals surface area contributed by atoms with E-state index < -0.39 is 16.1 Å². The molecule has 0 saturated heterocycles. The minimum Gasteiger partial charge on any atom is -0.481 e. The number of rotatable bonds is 6. The van der Waals surface area contributed by atoms with Crippen LogP contribution in [0, 0.1) is 6.92 Å². The van der Waals surface area contributed by atoms with Crippen molar-refractivity contribution in [2.45, 2.75) is 31.3 Å². The summed E-state index contributed by atoms with van der Waals surface area (Å²) in [6, 6.07) is 13.1. The molecule has 0 aliphatic rings. The van der Waals surface area contributed by atoms with E-state index >= 15 is 0 Å². The molecule has 0 aliphatic heterocycles. The summed E-state index contributed by atoms with van der Waals surface area (Å²) in [5.74, 6) is 0.323. The third kappa shape index (κ3) is 4.81. The number of benzene rings is 2. The van der Waals surface area contributed by atoms with Crippen molar-refractivity contribution in [3.8, 4) is 5.75 Å². The average Bonchev–Trinajstić information content (AvgIpc) is 2.52. The predicted molar refractivity (Wildman–Crippen MR) is 92.3 cm³/mol. The van der Waals surface area contributed by atoms with Crippen molar-refractivity contribution in [3.05, 3.63) is 54.1 Å². The lowest BCUT2D eigenvalue weighted by molar-refractivity contribution is -0.122. The van der Waals surface area contributed by atoms with Crippen LogP contribution >= 0.6 is 0 Å². The van der Waals surface area contributed by atoms with Gasteiger partial charge in [-0.2, -0.15) is 0 Å². The van der Waals surface area contributed by atoms with Crippen LogP contribution in [0.2, 0.25) is 0 Å². The SMILES string of the molecule is CC[C@@H](Oc1cccc(C)c1)C(=O)Nc1ccc(S(N)(=O)=O)cc1. The number of nitrogens with one attached hydrogen (secondary N) is 1. The van der Waals surface area contributed by atoms with E-state index in [4.69, 9.17) is 9.88 Å². The number of sulfonamides is 1. The summed E-state index contributed by atoms with van der Waals surface area (Å²) < 4.78 is 28.2. The first-order chi connectivity index (χ1) is 11.3. The van der Waals surface area contributed by atoms with Crippen LogP contribution in [-0.2, 0) is 14.8 Å². The highest BCUT2D eigenvalue weighted by Gasteiger charge is 2.19. The molecule has 0 bridgehead atoms. The third-order valence-corrected chi connectivity index (χ3v) is 4.31. The topological polar surface area (TPSA) is 98.5 Å². The van der Waals surface area contributed by atoms with Gasteiger partial charge in [0.1, 0.15) is 5.75 Å². The van der Waals surface area contributed by atoms with Crippen LogP contribution in [0.15, 0.2) is 53.4 Å². The number of hydrogen-bond donors (Lipinski definition) is 2. The summed E-state index contributed by atoms with van der Waals surface area (Å²) in [4.78, 5) is 12.3. The second kappa shape index (κ2) is 7.46. The van der Waals surface area contributed by atoms with Crippen molar-refractivity contribution in [1.82, 2.24) is 0 Å². The number of anilines is 1. The van der Waals surface area contributed by atoms with Gasteiger partial charge >= 0.3 is 0 Å². The van der Waals surface area contributed by atoms with Crippen LogP contribution in [0.25, 0.3) is 0 Å². The van der Waals surface area contributed by atoms with Gasteiger partial charge in [0.15, 0.2) is 6.10 Å². The maximum atomic E-state index is 12.3. The molecular weight excluding hydrogens is 328 g/mol. The first-order valence-electron chi connectivity index (χ1n) is 7.46. The Morgan fingerprint density at radius 1 is 1.21 bits per heavy atom. The maximum Gasteiger partial charge on any atom is 0.265 e. The fourth-order valence-corrected chi connectivity index (χ4v) is 2.64. The molecule has 24 heavy (non-hydrogen) atoms.